The molecular formula is C13H17BrFNO. The number of amides is 1. The first-order chi connectivity index (χ1) is 8.10. The van der Waals surface area contributed by atoms with Crippen molar-refractivity contribution in [3.63, 3.8) is 0 Å². The fraction of sp³-hybridized carbons (Fsp3) is 0.462. The summed E-state index contributed by atoms with van der Waals surface area (Å²) in [5.74, 6) is -0.692. The van der Waals surface area contributed by atoms with Gasteiger partial charge in [0.1, 0.15) is 5.82 Å². The van der Waals surface area contributed by atoms with Crippen LogP contribution in [-0.4, -0.2) is 23.9 Å². The lowest BCUT2D eigenvalue weighted by Gasteiger charge is -2.21. The maximum Gasteiger partial charge on any atom is 0.256 e. The lowest BCUT2D eigenvalue weighted by atomic mass is 10.1. The van der Waals surface area contributed by atoms with Crippen molar-refractivity contribution in [2.45, 2.75) is 26.7 Å². The van der Waals surface area contributed by atoms with E-state index >= 15 is 0 Å². The normalized spacial score (nSPS) is 10.4. The minimum absolute atomic E-state index is 0.140. The summed E-state index contributed by atoms with van der Waals surface area (Å²) in [5.41, 5.74) is 0.140. The zero-order valence-electron chi connectivity index (χ0n) is 10.2. The molecule has 94 valence electrons. The Labute approximate surface area is 110 Å². The number of nitrogens with zero attached hydrogens (tertiary/aromatic N) is 1. The van der Waals surface area contributed by atoms with Gasteiger partial charge in [0.15, 0.2) is 0 Å². The standard InChI is InChI=1S/C13H17BrFNO/c1-3-7-16(8-4-2)13(17)11-9-10(14)5-6-12(11)15/h5-6,9H,3-4,7-8H2,1-2H3. The van der Waals surface area contributed by atoms with Gasteiger partial charge < -0.3 is 4.90 Å². The Hall–Kier alpha value is -0.900. The Morgan fingerprint density at radius 2 is 1.88 bits per heavy atom. The van der Waals surface area contributed by atoms with Crippen molar-refractivity contribution in [3.8, 4) is 0 Å². The second kappa shape index (κ2) is 6.74. The van der Waals surface area contributed by atoms with Crippen LogP contribution in [0.3, 0.4) is 0 Å². The van der Waals surface area contributed by atoms with Crippen molar-refractivity contribution in [3.05, 3.63) is 34.1 Å². The van der Waals surface area contributed by atoms with Gasteiger partial charge in [-0.1, -0.05) is 29.8 Å². The van der Waals surface area contributed by atoms with Crippen LogP contribution in [0.25, 0.3) is 0 Å². The Bertz CT molecular complexity index is 389. The first kappa shape index (κ1) is 14.2. The van der Waals surface area contributed by atoms with Crippen molar-refractivity contribution in [1.29, 1.82) is 0 Å². The smallest absolute Gasteiger partial charge is 0.256 e. The van der Waals surface area contributed by atoms with Gasteiger partial charge in [-0.2, -0.15) is 0 Å². The number of benzene rings is 1. The summed E-state index contributed by atoms with van der Waals surface area (Å²) < 4.78 is 14.3. The van der Waals surface area contributed by atoms with Crippen LogP contribution in [0.5, 0.6) is 0 Å². The van der Waals surface area contributed by atoms with Crippen molar-refractivity contribution in [1.82, 2.24) is 4.90 Å². The third-order valence-electron chi connectivity index (χ3n) is 2.43. The molecule has 0 aliphatic heterocycles. The molecule has 2 nitrogen and oxygen atoms in total. The molecule has 0 fully saturated rings. The third-order valence-corrected chi connectivity index (χ3v) is 2.93. The molecule has 0 saturated carbocycles. The molecular weight excluding hydrogens is 285 g/mol. The van der Waals surface area contributed by atoms with Crippen LogP contribution in [0.15, 0.2) is 22.7 Å². The largest absolute Gasteiger partial charge is 0.339 e. The Balaban J connectivity index is 2.95. The molecule has 1 aromatic rings. The lowest BCUT2D eigenvalue weighted by Crippen LogP contribution is -2.33. The first-order valence-corrected chi connectivity index (χ1v) is 6.63. The quantitative estimate of drug-likeness (QED) is 0.809. The first-order valence-electron chi connectivity index (χ1n) is 5.84. The predicted octanol–water partition coefficient (Wildman–Crippen LogP) is 3.85. The Morgan fingerprint density at radius 1 is 1.29 bits per heavy atom. The molecule has 1 rings (SSSR count). The highest BCUT2D eigenvalue weighted by Crippen LogP contribution is 2.17. The minimum atomic E-state index is -0.463. The zero-order chi connectivity index (χ0) is 12.8. The molecule has 4 heteroatoms. The highest BCUT2D eigenvalue weighted by molar-refractivity contribution is 9.10. The Kier molecular flexibility index (Phi) is 5.62. The number of rotatable bonds is 5. The van der Waals surface area contributed by atoms with Crippen LogP contribution in [0.1, 0.15) is 37.0 Å². The van der Waals surface area contributed by atoms with E-state index in [1.54, 1.807) is 11.0 Å². The van der Waals surface area contributed by atoms with Gasteiger partial charge >= 0.3 is 0 Å². The van der Waals surface area contributed by atoms with E-state index in [9.17, 15) is 9.18 Å². The van der Waals surface area contributed by atoms with Crippen LogP contribution in [0.2, 0.25) is 0 Å². The Morgan fingerprint density at radius 3 is 2.41 bits per heavy atom. The fourth-order valence-electron chi connectivity index (χ4n) is 1.69. The molecule has 0 unspecified atom stereocenters. The van der Waals surface area contributed by atoms with E-state index in [0.717, 1.165) is 17.3 Å². The summed E-state index contributed by atoms with van der Waals surface area (Å²) in [6.45, 7) is 5.34. The molecule has 0 aliphatic rings. The minimum Gasteiger partial charge on any atom is -0.339 e. The fourth-order valence-corrected chi connectivity index (χ4v) is 2.05. The molecule has 0 heterocycles. The van der Waals surface area contributed by atoms with Crippen molar-refractivity contribution in [2.24, 2.45) is 0 Å². The van der Waals surface area contributed by atoms with Crippen LogP contribution < -0.4 is 0 Å². The van der Waals surface area contributed by atoms with Crippen LogP contribution >= 0.6 is 15.9 Å². The van der Waals surface area contributed by atoms with Gasteiger partial charge in [-0.25, -0.2) is 4.39 Å². The van der Waals surface area contributed by atoms with Gasteiger partial charge in [0.25, 0.3) is 5.91 Å². The zero-order valence-corrected chi connectivity index (χ0v) is 11.8. The second-order valence-corrected chi connectivity index (χ2v) is 4.83. The van der Waals surface area contributed by atoms with E-state index in [1.807, 2.05) is 13.8 Å². The number of hydrogen-bond donors (Lipinski definition) is 0. The topological polar surface area (TPSA) is 20.3 Å². The lowest BCUT2D eigenvalue weighted by molar-refractivity contribution is 0.0751. The SMILES string of the molecule is CCCN(CCC)C(=O)c1cc(Br)ccc1F. The molecule has 0 bridgehead atoms. The van der Waals surface area contributed by atoms with E-state index in [4.69, 9.17) is 0 Å². The maximum absolute atomic E-state index is 13.6. The number of halogens is 2. The van der Waals surface area contributed by atoms with E-state index in [1.165, 1.54) is 12.1 Å². The molecule has 0 aliphatic carbocycles. The summed E-state index contributed by atoms with van der Waals surface area (Å²) in [6, 6.07) is 4.44. The molecule has 0 radical (unpaired) electrons. The molecule has 17 heavy (non-hydrogen) atoms. The van der Waals surface area contributed by atoms with Gasteiger partial charge in [0.2, 0.25) is 0 Å². The number of carbonyl (C=O) groups excluding carboxylic acids is 1. The van der Waals surface area contributed by atoms with Gasteiger partial charge in [0, 0.05) is 17.6 Å². The third kappa shape index (κ3) is 3.80. The van der Waals surface area contributed by atoms with Crippen LogP contribution in [-0.2, 0) is 0 Å². The van der Waals surface area contributed by atoms with E-state index < -0.39 is 5.82 Å². The van der Waals surface area contributed by atoms with Crippen molar-refractivity contribution >= 4 is 21.8 Å². The average Bonchev–Trinajstić information content (AvgIpc) is 2.31. The van der Waals surface area contributed by atoms with Gasteiger partial charge in [-0.05, 0) is 31.0 Å². The monoisotopic (exact) mass is 301 g/mol. The molecule has 0 atom stereocenters. The highest BCUT2D eigenvalue weighted by atomic mass is 79.9. The second-order valence-electron chi connectivity index (χ2n) is 3.92. The highest BCUT2D eigenvalue weighted by Gasteiger charge is 2.18. The summed E-state index contributed by atoms with van der Waals surface area (Å²) in [5, 5.41) is 0. The van der Waals surface area contributed by atoms with Gasteiger partial charge in [0.05, 0.1) is 5.56 Å². The van der Waals surface area contributed by atoms with E-state index in [-0.39, 0.29) is 11.5 Å². The van der Waals surface area contributed by atoms with E-state index in [0.29, 0.717) is 13.1 Å². The number of carbonyl (C=O) groups is 1. The number of hydrogen-bond acceptors (Lipinski definition) is 1. The maximum atomic E-state index is 13.6. The van der Waals surface area contributed by atoms with E-state index in [2.05, 4.69) is 15.9 Å². The van der Waals surface area contributed by atoms with Crippen LogP contribution in [0.4, 0.5) is 4.39 Å². The molecule has 0 saturated heterocycles. The average molecular weight is 302 g/mol. The van der Waals surface area contributed by atoms with Crippen molar-refractivity contribution in [2.75, 3.05) is 13.1 Å². The van der Waals surface area contributed by atoms with Crippen molar-refractivity contribution < 1.29 is 9.18 Å². The molecule has 1 aromatic carbocycles. The van der Waals surface area contributed by atoms with Gasteiger partial charge in [-0.15, -0.1) is 0 Å². The van der Waals surface area contributed by atoms with Crippen LogP contribution in [0, 0.1) is 5.82 Å². The van der Waals surface area contributed by atoms with Gasteiger partial charge in [-0.3, -0.25) is 4.79 Å². The summed E-state index contributed by atoms with van der Waals surface area (Å²) >= 11 is 3.25. The summed E-state index contributed by atoms with van der Waals surface area (Å²) in [4.78, 5) is 13.9. The summed E-state index contributed by atoms with van der Waals surface area (Å²) in [6.07, 6.45) is 1.75. The predicted molar refractivity (Wildman–Crippen MR) is 70.6 cm³/mol. The molecule has 0 spiro atoms. The molecule has 1 amide bonds. The molecule has 0 N–H and O–H groups in total. The summed E-state index contributed by atoms with van der Waals surface area (Å²) in [7, 11) is 0. The molecule has 0 aromatic heterocycles.